The van der Waals surface area contributed by atoms with Gasteiger partial charge in [-0.25, -0.2) is 0 Å². The maximum Gasteiger partial charge on any atom is 0.303 e. The summed E-state index contributed by atoms with van der Waals surface area (Å²) in [5, 5.41) is 44.6. The Balaban J connectivity index is 2.14. The molecule has 0 atom stereocenters. The molecule has 1 amide bonds. The van der Waals surface area contributed by atoms with E-state index in [1.54, 1.807) is 18.6 Å². The van der Waals surface area contributed by atoms with Gasteiger partial charge in [-0.1, -0.05) is 30.3 Å². The molecule has 0 bridgehead atoms. The van der Waals surface area contributed by atoms with Crippen LogP contribution >= 0.6 is 11.8 Å². The first-order chi connectivity index (χ1) is 19.7. The van der Waals surface area contributed by atoms with Gasteiger partial charge in [0.1, 0.15) is 21.7 Å². The third kappa shape index (κ3) is 7.97. The molecule has 0 aliphatic rings. The predicted molar refractivity (Wildman–Crippen MR) is 152 cm³/mol. The Morgan fingerprint density at radius 2 is 1.73 bits per heavy atom. The van der Waals surface area contributed by atoms with Crippen LogP contribution in [0.4, 0.5) is 34.1 Å². The summed E-state index contributed by atoms with van der Waals surface area (Å²) < 4.78 is 10.9. The first kappa shape index (κ1) is 30.5. The molecule has 0 aliphatic heterocycles. The lowest BCUT2D eigenvalue weighted by molar-refractivity contribution is -0.395. The molecule has 41 heavy (non-hydrogen) atoms. The quantitative estimate of drug-likeness (QED) is 0.0813. The zero-order valence-corrected chi connectivity index (χ0v) is 23.1. The van der Waals surface area contributed by atoms with E-state index in [2.05, 4.69) is 15.5 Å². The summed E-state index contributed by atoms with van der Waals surface area (Å²) in [6, 6.07) is 14.6. The van der Waals surface area contributed by atoms with E-state index in [1.165, 1.54) is 20.1 Å². The number of thioether (sulfide) groups is 1. The van der Waals surface area contributed by atoms with Crippen molar-refractivity contribution in [2.24, 2.45) is 10.2 Å². The van der Waals surface area contributed by atoms with Gasteiger partial charge < -0.3 is 19.7 Å². The fourth-order valence-corrected chi connectivity index (χ4v) is 4.29. The lowest BCUT2D eigenvalue weighted by Crippen LogP contribution is -2.27. The largest absolute Gasteiger partial charge is 0.494 e. The van der Waals surface area contributed by atoms with E-state index in [9.17, 15) is 25.0 Å². The third-order valence-electron chi connectivity index (χ3n) is 5.60. The van der Waals surface area contributed by atoms with Gasteiger partial charge in [0.2, 0.25) is 5.91 Å². The van der Waals surface area contributed by atoms with Gasteiger partial charge in [-0.3, -0.25) is 25.0 Å². The van der Waals surface area contributed by atoms with Crippen LogP contribution in [0.5, 0.6) is 5.75 Å². The number of ether oxygens (including phenoxy) is 2. The van der Waals surface area contributed by atoms with Crippen molar-refractivity contribution in [1.29, 1.82) is 5.26 Å². The number of carbonyl (C=O) groups is 1. The number of hydrogen-bond donors (Lipinski definition) is 1. The van der Waals surface area contributed by atoms with Crippen molar-refractivity contribution in [3.63, 3.8) is 0 Å². The van der Waals surface area contributed by atoms with Crippen LogP contribution in [0.2, 0.25) is 0 Å². The van der Waals surface area contributed by atoms with Gasteiger partial charge in [-0.2, -0.15) is 5.26 Å². The van der Waals surface area contributed by atoms with Crippen LogP contribution in [0.3, 0.4) is 0 Å². The number of methoxy groups -OCH3 is 2. The van der Waals surface area contributed by atoms with Gasteiger partial charge in [0.15, 0.2) is 5.69 Å². The molecule has 0 aliphatic carbocycles. The molecule has 14 nitrogen and oxygen atoms in total. The number of nitrogens with one attached hydrogen (secondary N) is 1. The second-order valence-corrected chi connectivity index (χ2v) is 9.17. The van der Waals surface area contributed by atoms with Gasteiger partial charge in [0.05, 0.1) is 41.0 Å². The monoisotopic (exact) mass is 579 g/mol. The minimum atomic E-state index is -0.835. The molecule has 1 N–H and O–H groups in total. The van der Waals surface area contributed by atoms with Crippen molar-refractivity contribution in [3.05, 3.63) is 80.4 Å². The number of thiocyanates is 1. The van der Waals surface area contributed by atoms with Crippen LogP contribution in [0, 0.1) is 30.9 Å². The second kappa shape index (κ2) is 14.4. The van der Waals surface area contributed by atoms with Gasteiger partial charge >= 0.3 is 5.69 Å². The normalized spacial score (nSPS) is 10.7. The number of nitro groups is 2. The van der Waals surface area contributed by atoms with E-state index < -0.39 is 27.1 Å². The molecule has 3 aromatic rings. The number of nitrogens with zero attached hydrogens (tertiary/aromatic N) is 6. The first-order valence-electron chi connectivity index (χ1n) is 11.9. The standard InChI is InChI=1S/C26H25N7O7S/c1-17(34)28-19-11-23(31(9-10-39-2)15-18-7-5-4-6-8-18)25(40-3)12-20(19)29-30-21-13-26(41-16-27)24(33(37)38)14-22(21)32(35)36/h4-8,11-14H,9-10,15H2,1-3H3,(H,28,34). The highest BCUT2D eigenvalue weighted by molar-refractivity contribution is 8.03. The summed E-state index contributed by atoms with van der Waals surface area (Å²) >= 11 is 0.463. The first-order valence-corrected chi connectivity index (χ1v) is 12.7. The zero-order chi connectivity index (χ0) is 29.9. The number of rotatable bonds is 13. The van der Waals surface area contributed by atoms with Gasteiger partial charge in [-0.15, -0.1) is 10.2 Å². The van der Waals surface area contributed by atoms with Crippen LogP contribution in [-0.2, 0) is 16.1 Å². The fourth-order valence-electron chi connectivity index (χ4n) is 3.79. The molecular formula is C26H25N7O7S. The summed E-state index contributed by atoms with van der Waals surface area (Å²) in [4.78, 5) is 35.3. The molecule has 0 fully saturated rings. The lowest BCUT2D eigenvalue weighted by atomic mass is 10.1. The van der Waals surface area contributed by atoms with Crippen molar-refractivity contribution >= 4 is 51.8 Å². The van der Waals surface area contributed by atoms with Crippen LogP contribution < -0.4 is 15.0 Å². The van der Waals surface area contributed by atoms with Crippen LogP contribution in [0.1, 0.15) is 12.5 Å². The average molecular weight is 580 g/mol. The Kier molecular flexibility index (Phi) is 10.7. The molecule has 15 heteroatoms. The predicted octanol–water partition coefficient (Wildman–Crippen LogP) is 6.11. The van der Waals surface area contributed by atoms with Crippen molar-refractivity contribution in [2.45, 2.75) is 18.4 Å². The maximum atomic E-state index is 12.1. The summed E-state index contributed by atoms with van der Waals surface area (Å²) in [5.74, 6) is -0.0305. The highest BCUT2D eigenvalue weighted by Gasteiger charge is 2.25. The molecule has 0 aromatic heterocycles. The number of benzene rings is 3. The Labute approximate surface area is 238 Å². The van der Waals surface area contributed by atoms with Gasteiger partial charge in [-0.05, 0) is 29.5 Å². The molecule has 3 aromatic carbocycles. The Hall–Kier alpha value is -5.07. The van der Waals surface area contributed by atoms with Crippen LogP contribution in [0.15, 0.2) is 69.7 Å². The molecule has 212 valence electrons. The molecule has 0 unspecified atom stereocenters. The smallest absolute Gasteiger partial charge is 0.303 e. The molecule has 0 radical (unpaired) electrons. The molecule has 3 rings (SSSR count). The fraction of sp³-hybridized carbons (Fsp3) is 0.231. The molecule has 0 saturated heterocycles. The van der Waals surface area contributed by atoms with E-state index in [0.29, 0.717) is 42.9 Å². The van der Waals surface area contributed by atoms with E-state index >= 15 is 0 Å². The minimum Gasteiger partial charge on any atom is -0.494 e. The van der Waals surface area contributed by atoms with Crippen molar-refractivity contribution in [3.8, 4) is 11.2 Å². The summed E-state index contributed by atoms with van der Waals surface area (Å²) in [7, 11) is 3.05. The molecule has 0 heterocycles. The number of azo groups is 1. The number of nitriles is 1. The summed E-state index contributed by atoms with van der Waals surface area (Å²) in [6.07, 6.45) is 0. The highest BCUT2D eigenvalue weighted by Crippen LogP contribution is 2.43. The van der Waals surface area contributed by atoms with E-state index in [-0.39, 0.29) is 22.0 Å². The van der Waals surface area contributed by atoms with Gasteiger partial charge in [0.25, 0.3) is 5.69 Å². The van der Waals surface area contributed by atoms with Crippen molar-refractivity contribution in [2.75, 3.05) is 37.6 Å². The SMILES string of the molecule is COCCN(Cc1ccccc1)c1cc(NC(C)=O)c(N=Nc2cc(SC#N)c([N+](=O)[O-])cc2[N+](=O)[O-])cc1OC. The van der Waals surface area contributed by atoms with E-state index in [4.69, 9.17) is 14.7 Å². The number of hydrogen-bond acceptors (Lipinski definition) is 12. The van der Waals surface area contributed by atoms with Crippen molar-refractivity contribution < 1.29 is 24.1 Å². The van der Waals surface area contributed by atoms with Crippen LogP contribution in [-0.4, -0.2) is 43.1 Å². The Morgan fingerprint density at radius 3 is 2.32 bits per heavy atom. The minimum absolute atomic E-state index is 0.106. The zero-order valence-electron chi connectivity index (χ0n) is 22.3. The Bertz CT molecular complexity index is 1510. The number of carbonyl (C=O) groups excluding carboxylic acids is 1. The molecule has 0 spiro atoms. The number of anilines is 2. The van der Waals surface area contributed by atoms with Gasteiger partial charge in [0, 0.05) is 33.2 Å². The summed E-state index contributed by atoms with van der Waals surface area (Å²) in [6.45, 7) is 2.69. The summed E-state index contributed by atoms with van der Waals surface area (Å²) in [5.41, 5.74) is 0.374. The Morgan fingerprint density at radius 1 is 1.05 bits per heavy atom. The van der Waals surface area contributed by atoms with Crippen molar-refractivity contribution in [1.82, 2.24) is 0 Å². The molecule has 0 saturated carbocycles. The maximum absolute atomic E-state index is 12.1. The number of amides is 1. The van der Waals surface area contributed by atoms with E-state index in [0.717, 1.165) is 17.7 Å². The lowest BCUT2D eigenvalue weighted by Gasteiger charge is -2.27. The molecular weight excluding hydrogens is 554 g/mol. The average Bonchev–Trinajstić information content (AvgIpc) is 2.94. The topological polar surface area (TPSA) is 186 Å². The van der Waals surface area contributed by atoms with Crippen LogP contribution in [0.25, 0.3) is 0 Å². The number of nitro benzene ring substituents is 2. The highest BCUT2D eigenvalue weighted by atomic mass is 32.2. The third-order valence-corrected chi connectivity index (χ3v) is 6.24. The van der Waals surface area contributed by atoms with E-state index in [1.807, 2.05) is 35.2 Å². The second-order valence-electron chi connectivity index (χ2n) is 8.34.